The molecule has 0 aliphatic carbocycles. The lowest BCUT2D eigenvalue weighted by atomic mass is 10.2. The maximum Gasteiger partial charge on any atom is 0.0688 e. The summed E-state index contributed by atoms with van der Waals surface area (Å²) < 4.78 is 0. The number of aliphatic hydroxyl groups is 1. The van der Waals surface area contributed by atoms with Gasteiger partial charge in [0.05, 0.1) is 6.61 Å². The van der Waals surface area contributed by atoms with Crippen LogP contribution in [0.15, 0.2) is 78.9 Å². The van der Waals surface area contributed by atoms with Gasteiger partial charge >= 0.3 is 0 Å². The van der Waals surface area contributed by atoms with Crippen molar-refractivity contribution in [1.82, 2.24) is 0 Å². The second kappa shape index (κ2) is 6.09. The van der Waals surface area contributed by atoms with Crippen LogP contribution in [0.4, 0.5) is 0 Å². The summed E-state index contributed by atoms with van der Waals surface area (Å²) in [6, 6.07) is 27.2. The molecule has 0 aliphatic heterocycles. The van der Waals surface area contributed by atoms with E-state index in [1.807, 2.05) is 18.2 Å². The Morgan fingerprint density at radius 3 is 2.30 bits per heavy atom. The van der Waals surface area contributed by atoms with Gasteiger partial charge in [-0.3, -0.25) is 0 Å². The standard InChI is InChI=1S/C18H16OP/c19-14-15-8-4-7-13-18(15)20(17-11-5-6-12-17)16-9-2-1-3-10-16/h1-13,19H,14H2/q-1/t20-/m1/s1. The highest BCUT2D eigenvalue weighted by Crippen LogP contribution is 2.34. The fraction of sp³-hybridized carbons (Fsp3) is 0.0556. The molecule has 0 heterocycles. The number of aliphatic hydroxyl groups excluding tert-OH is 1. The number of rotatable bonds is 4. The number of benzene rings is 2. The van der Waals surface area contributed by atoms with Crippen LogP contribution in [-0.2, 0) is 6.61 Å². The molecule has 3 aromatic carbocycles. The molecule has 0 aromatic heterocycles. The maximum atomic E-state index is 9.62. The molecule has 2 heteroatoms. The summed E-state index contributed by atoms with van der Waals surface area (Å²) in [5.41, 5.74) is 1.02. The van der Waals surface area contributed by atoms with Crippen LogP contribution >= 0.6 is 7.92 Å². The zero-order chi connectivity index (χ0) is 13.8. The molecule has 20 heavy (non-hydrogen) atoms. The lowest BCUT2D eigenvalue weighted by molar-refractivity contribution is 0.283. The van der Waals surface area contributed by atoms with Crippen molar-refractivity contribution in [2.45, 2.75) is 6.61 Å². The van der Waals surface area contributed by atoms with Crippen molar-refractivity contribution in [3.05, 3.63) is 84.4 Å². The fourth-order valence-electron chi connectivity index (χ4n) is 2.38. The molecule has 0 unspecified atom stereocenters. The van der Waals surface area contributed by atoms with Gasteiger partial charge in [0.25, 0.3) is 0 Å². The molecular formula is C18H16OP-. The minimum Gasteiger partial charge on any atom is -0.392 e. The van der Waals surface area contributed by atoms with E-state index < -0.39 is 7.92 Å². The highest BCUT2D eigenvalue weighted by molar-refractivity contribution is 7.79. The summed E-state index contributed by atoms with van der Waals surface area (Å²) in [6.07, 6.45) is 0. The van der Waals surface area contributed by atoms with E-state index in [2.05, 4.69) is 60.7 Å². The monoisotopic (exact) mass is 279 g/mol. The second-order valence-electron chi connectivity index (χ2n) is 4.60. The SMILES string of the molecule is OCc1ccccc1[P@](c1ccccc1)c1ccc[cH-]1. The largest absolute Gasteiger partial charge is 0.392 e. The van der Waals surface area contributed by atoms with Crippen molar-refractivity contribution in [3.63, 3.8) is 0 Å². The zero-order valence-electron chi connectivity index (χ0n) is 11.1. The maximum absolute atomic E-state index is 9.62. The van der Waals surface area contributed by atoms with Gasteiger partial charge in [-0.25, -0.2) is 12.1 Å². The van der Waals surface area contributed by atoms with Crippen LogP contribution in [0.2, 0.25) is 0 Å². The van der Waals surface area contributed by atoms with E-state index in [9.17, 15) is 5.11 Å². The molecule has 0 aliphatic rings. The lowest BCUT2D eigenvalue weighted by Gasteiger charge is -2.23. The zero-order valence-corrected chi connectivity index (χ0v) is 12.0. The third-order valence-electron chi connectivity index (χ3n) is 3.32. The normalized spacial score (nSPS) is 12.2. The lowest BCUT2D eigenvalue weighted by Crippen LogP contribution is -2.22. The Kier molecular flexibility index (Phi) is 4.01. The number of hydrogen-bond acceptors (Lipinski definition) is 1. The summed E-state index contributed by atoms with van der Waals surface area (Å²) in [6.45, 7) is 0.0859. The summed E-state index contributed by atoms with van der Waals surface area (Å²) >= 11 is 0. The Bertz CT molecular complexity index is 659. The van der Waals surface area contributed by atoms with Crippen molar-refractivity contribution < 1.29 is 5.11 Å². The van der Waals surface area contributed by atoms with Crippen LogP contribution in [-0.4, -0.2) is 5.11 Å². The van der Waals surface area contributed by atoms with Crippen molar-refractivity contribution in [1.29, 1.82) is 0 Å². The van der Waals surface area contributed by atoms with Crippen molar-refractivity contribution >= 4 is 23.8 Å². The molecule has 0 saturated carbocycles. The van der Waals surface area contributed by atoms with Crippen LogP contribution in [0, 0.1) is 0 Å². The van der Waals surface area contributed by atoms with E-state index in [-0.39, 0.29) is 6.61 Å². The summed E-state index contributed by atoms with van der Waals surface area (Å²) in [5, 5.41) is 13.5. The van der Waals surface area contributed by atoms with Crippen molar-refractivity contribution in [2.75, 3.05) is 0 Å². The minimum atomic E-state index is -0.596. The molecule has 0 bridgehead atoms. The molecule has 3 rings (SSSR count). The third kappa shape index (κ3) is 2.56. The first-order valence-electron chi connectivity index (χ1n) is 6.66. The fourth-order valence-corrected chi connectivity index (χ4v) is 4.84. The first kappa shape index (κ1) is 13.2. The van der Waals surface area contributed by atoms with Gasteiger partial charge < -0.3 is 5.11 Å². The molecule has 0 saturated heterocycles. The van der Waals surface area contributed by atoms with E-state index in [1.165, 1.54) is 15.9 Å². The van der Waals surface area contributed by atoms with Crippen LogP contribution in [0.1, 0.15) is 5.56 Å². The van der Waals surface area contributed by atoms with Gasteiger partial charge in [-0.15, -0.1) is 5.30 Å². The number of hydrogen-bond donors (Lipinski definition) is 1. The third-order valence-corrected chi connectivity index (χ3v) is 5.87. The highest BCUT2D eigenvalue weighted by Gasteiger charge is 2.15. The van der Waals surface area contributed by atoms with E-state index in [0.717, 1.165) is 5.56 Å². The highest BCUT2D eigenvalue weighted by atomic mass is 31.1. The van der Waals surface area contributed by atoms with Gasteiger partial charge in [0, 0.05) is 0 Å². The predicted octanol–water partition coefficient (Wildman–Crippen LogP) is 2.66. The molecule has 0 radical (unpaired) electrons. The van der Waals surface area contributed by atoms with Gasteiger partial charge in [0.1, 0.15) is 0 Å². The van der Waals surface area contributed by atoms with Gasteiger partial charge in [-0.2, -0.15) is 12.1 Å². The van der Waals surface area contributed by atoms with E-state index in [0.29, 0.717) is 0 Å². The molecule has 1 atom stereocenters. The van der Waals surface area contributed by atoms with E-state index in [4.69, 9.17) is 0 Å². The van der Waals surface area contributed by atoms with E-state index in [1.54, 1.807) is 0 Å². The van der Waals surface area contributed by atoms with Crippen LogP contribution in [0.3, 0.4) is 0 Å². The van der Waals surface area contributed by atoms with Crippen LogP contribution in [0.25, 0.3) is 0 Å². The molecule has 0 fully saturated rings. The van der Waals surface area contributed by atoms with Gasteiger partial charge in [0.15, 0.2) is 0 Å². The van der Waals surface area contributed by atoms with Crippen molar-refractivity contribution in [3.8, 4) is 0 Å². The predicted molar refractivity (Wildman–Crippen MR) is 86.7 cm³/mol. The molecule has 100 valence electrons. The topological polar surface area (TPSA) is 20.2 Å². The van der Waals surface area contributed by atoms with Gasteiger partial charge in [-0.1, -0.05) is 54.6 Å². The van der Waals surface area contributed by atoms with Crippen molar-refractivity contribution in [2.24, 2.45) is 0 Å². The molecule has 0 amide bonds. The second-order valence-corrected chi connectivity index (χ2v) is 6.79. The van der Waals surface area contributed by atoms with Gasteiger partial charge in [-0.05, 0) is 24.1 Å². The van der Waals surface area contributed by atoms with Crippen LogP contribution in [0.5, 0.6) is 0 Å². The summed E-state index contributed by atoms with van der Waals surface area (Å²) in [4.78, 5) is 0. The van der Waals surface area contributed by atoms with Gasteiger partial charge in [0.2, 0.25) is 0 Å². The average molecular weight is 279 g/mol. The first-order chi connectivity index (χ1) is 9.90. The molecule has 1 N–H and O–H groups in total. The Balaban J connectivity index is 2.16. The Morgan fingerprint density at radius 1 is 0.850 bits per heavy atom. The summed E-state index contributed by atoms with van der Waals surface area (Å²) in [5.74, 6) is 0. The quantitative estimate of drug-likeness (QED) is 0.575. The average Bonchev–Trinajstić information content (AvgIpc) is 3.03. The molecule has 0 spiro atoms. The van der Waals surface area contributed by atoms with E-state index >= 15 is 0 Å². The Morgan fingerprint density at radius 2 is 1.60 bits per heavy atom. The Labute approximate surface area is 120 Å². The van der Waals surface area contributed by atoms with Crippen LogP contribution < -0.4 is 15.9 Å². The smallest absolute Gasteiger partial charge is 0.0688 e. The molecule has 3 aromatic rings. The Hall–Kier alpha value is -1.82. The first-order valence-corrected chi connectivity index (χ1v) is 8.00. The minimum absolute atomic E-state index is 0.0859. The molecule has 1 nitrogen and oxygen atoms in total. The summed E-state index contributed by atoms with van der Waals surface area (Å²) in [7, 11) is -0.596. The molecular weight excluding hydrogens is 263 g/mol.